The summed E-state index contributed by atoms with van der Waals surface area (Å²) < 4.78 is 5.11. The Morgan fingerprint density at radius 1 is 1.28 bits per heavy atom. The van der Waals surface area contributed by atoms with Crippen molar-refractivity contribution in [3.63, 3.8) is 0 Å². The van der Waals surface area contributed by atoms with E-state index in [-0.39, 0.29) is 11.8 Å². The van der Waals surface area contributed by atoms with Crippen LogP contribution in [0.2, 0.25) is 0 Å². The molecule has 0 saturated carbocycles. The number of rotatable bonds is 2. The van der Waals surface area contributed by atoms with Crippen LogP contribution in [0.3, 0.4) is 0 Å². The molecule has 0 spiro atoms. The molecule has 2 aromatic heterocycles. The number of nitrogen functional groups attached to an aromatic ring is 1. The number of aryl methyl sites for hydroxylation is 1. The van der Waals surface area contributed by atoms with Gasteiger partial charge in [-0.05, 0) is 13.0 Å². The zero-order valence-corrected chi connectivity index (χ0v) is 9.58. The summed E-state index contributed by atoms with van der Waals surface area (Å²) in [7, 11) is 0. The molecule has 0 unspecified atom stereocenters. The van der Waals surface area contributed by atoms with Gasteiger partial charge in [-0.25, -0.2) is 0 Å². The summed E-state index contributed by atoms with van der Waals surface area (Å²) in [5, 5.41) is 10.2. The van der Waals surface area contributed by atoms with Gasteiger partial charge in [-0.2, -0.15) is 9.97 Å². The number of nitrogens with two attached hydrogens (primary N) is 1. The lowest BCUT2D eigenvalue weighted by Gasteiger charge is -1.94. The van der Waals surface area contributed by atoms with Crippen molar-refractivity contribution in [1.82, 2.24) is 25.3 Å². The Labute approximate surface area is 102 Å². The van der Waals surface area contributed by atoms with Gasteiger partial charge in [-0.1, -0.05) is 28.9 Å². The van der Waals surface area contributed by atoms with Crippen LogP contribution in [0.1, 0.15) is 5.56 Å². The summed E-state index contributed by atoms with van der Waals surface area (Å²) in [5.74, 6) is 1.26. The number of hydrogen-bond donors (Lipinski definition) is 2. The highest BCUT2D eigenvalue weighted by Gasteiger charge is 2.13. The average molecular weight is 242 g/mol. The van der Waals surface area contributed by atoms with E-state index in [9.17, 15) is 0 Å². The molecule has 7 heteroatoms. The summed E-state index contributed by atoms with van der Waals surface area (Å²) >= 11 is 0. The number of nitrogens with one attached hydrogen (secondary N) is 1. The van der Waals surface area contributed by atoms with E-state index in [1.165, 1.54) is 0 Å². The first-order chi connectivity index (χ1) is 8.72. The maximum absolute atomic E-state index is 5.41. The maximum Gasteiger partial charge on any atom is 0.295 e. The van der Waals surface area contributed by atoms with Crippen molar-refractivity contribution >= 4 is 5.95 Å². The van der Waals surface area contributed by atoms with Crippen molar-refractivity contribution in [2.45, 2.75) is 6.92 Å². The van der Waals surface area contributed by atoms with Gasteiger partial charge >= 0.3 is 0 Å². The minimum atomic E-state index is 0.139. The van der Waals surface area contributed by atoms with Gasteiger partial charge in [-0.3, -0.25) is 5.10 Å². The van der Waals surface area contributed by atoms with Crippen LogP contribution in [0.5, 0.6) is 0 Å². The highest BCUT2D eigenvalue weighted by Crippen LogP contribution is 2.20. The zero-order chi connectivity index (χ0) is 12.5. The Morgan fingerprint density at radius 3 is 2.89 bits per heavy atom. The maximum atomic E-state index is 5.41. The second-order valence-corrected chi connectivity index (χ2v) is 3.83. The van der Waals surface area contributed by atoms with Crippen LogP contribution in [0.4, 0.5) is 5.95 Å². The van der Waals surface area contributed by atoms with Gasteiger partial charge in [0.15, 0.2) is 0 Å². The molecule has 0 aliphatic carbocycles. The van der Waals surface area contributed by atoms with Crippen LogP contribution in [0.15, 0.2) is 28.8 Å². The van der Waals surface area contributed by atoms with E-state index in [1.807, 2.05) is 31.2 Å². The molecule has 90 valence electrons. The number of H-pyrrole nitrogens is 1. The molecular formula is C11H10N6O. The molecule has 3 N–H and O–H groups in total. The first kappa shape index (κ1) is 10.5. The minimum absolute atomic E-state index is 0.139. The number of benzene rings is 1. The lowest BCUT2D eigenvalue weighted by atomic mass is 10.1. The van der Waals surface area contributed by atoms with Crippen LogP contribution < -0.4 is 5.73 Å². The van der Waals surface area contributed by atoms with Gasteiger partial charge in [0.05, 0.1) is 0 Å². The molecular weight excluding hydrogens is 232 g/mol. The number of anilines is 1. The first-order valence-corrected chi connectivity index (χ1v) is 5.31. The van der Waals surface area contributed by atoms with E-state index in [0.717, 1.165) is 11.1 Å². The Morgan fingerprint density at radius 2 is 2.17 bits per heavy atom. The Kier molecular flexibility index (Phi) is 2.30. The van der Waals surface area contributed by atoms with Crippen LogP contribution >= 0.6 is 0 Å². The monoisotopic (exact) mass is 242 g/mol. The molecule has 0 aliphatic rings. The van der Waals surface area contributed by atoms with Crippen molar-refractivity contribution in [3.8, 4) is 23.1 Å². The minimum Gasteiger partial charge on any atom is -0.366 e. The van der Waals surface area contributed by atoms with E-state index in [4.69, 9.17) is 10.3 Å². The van der Waals surface area contributed by atoms with Crippen LogP contribution in [0.25, 0.3) is 23.1 Å². The third-order valence-electron chi connectivity index (χ3n) is 2.41. The van der Waals surface area contributed by atoms with Gasteiger partial charge in [0, 0.05) is 5.56 Å². The highest BCUT2D eigenvalue weighted by atomic mass is 16.5. The van der Waals surface area contributed by atoms with E-state index in [1.54, 1.807) is 0 Å². The molecule has 2 heterocycles. The van der Waals surface area contributed by atoms with E-state index >= 15 is 0 Å². The molecule has 0 aliphatic heterocycles. The molecule has 0 saturated heterocycles. The van der Waals surface area contributed by atoms with Crippen molar-refractivity contribution < 1.29 is 4.52 Å². The Balaban J connectivity index is 1.99. The third kappa shape index (κ3) is 1.81. The Hall–Kier alpha value is -2.70. The van der Waals surface area contributed by atoms with E-state index < -0.39 is 0 Å². The smallest absolute Gasteiger partial charge is 0.295 e. The molecule has 0 radical (unpaired) electrons. The second-order valence-electron chi connectivity index (χ2n) is 3.83. The predicted octanol–water partition coefficient (Wildman–Crippen LogP) is 1.41. The molecule has 1 aromatic carbocycles. The fourth-order valence-electron chi connectivity index (χ4n) is 1.59. The van der Waals surface area contributed by atoms with Crippen LogP contribution in [-0.4, -0.2) is 25.3 Å². The molecule has 18 heavy (non-hydrogen) atoms. The summed E-state index contributed by atoms with van der Waals surface area (Å²) in [6, 6.07) is 7.83. The fourth-order valence-corrected chi connectivity index (χ4v) is 1.59. The molecule has 0 bridgehead atoms. The molecule has 3 rings (SSSR count). The SMILES string of the molecule is Cc1cccc(-c2noc(-c3nc(N)n[nH]3)n2)c1. The molecule has 0 amide bonds. The van der Waals surface area contributed by atoms with Crippen LogP contribution in [-0.2, 0) is 0 Å². The number of hydrogen-bond acceptors (Lipinski definition) is 6. The molecule has 7 nitrogen and oxygen atoms in total. The van der Waals surface area contributed by atoms with E-state index in [2.05, 4.69) is 25.3 Å². The topological polar surface area (TPSA) is 107 Å². The molecule has 3 aromatic rings. The van der Waals surface area contributed by atoms with Gasteiger partial charge in [0.25, 0.3) is 5.89 Å². The largest absolute Gasteiger partial charge is 0.366 e. The zero-order valence-electron chi connectivity index (χ0n) is 9.58. The van der Waals surface area contributed by atoms with Crippen molar-refractivity contribution in [3.05, 3.63) is 29.8 Å². The van der Waals surface area contributed by atoms with Crippen molar-refractivity contribution in [2.24, 2.45) is 0 Å². The standard InChI is InChI=1S/C11H10N6O/c1-6-3-2-4-7(5-6)8-13-10(18-17-8)9-14-11(12)16-15-9/h2-5H,1H3,(H3,12,14,15,16). The van der Waals surface area contributed by atoms with E-state index in [0.29, 0.717) is 11.6 Å². The molecule has 0 atom stereocenters. The summed E-state index contributed by atoms with van der Waals surface area (Å²) in [4.78, 5) is 8.16. The third-order valence-corrected chi connectivity index (χ3v) is 2.41. The average Bonchev–Trinajstić information content (AvgIpc) is 2.97. The summed E-state index contributed by atoms with van der Waals surface area (Å²) in [5.41, 5.74) is 7.42. The second kappa shape index (κ2) is 3.95. The van der Waals surface area contributed by atoms with Crippen molar-refractivity contribution in [2.75, 3.05) is 5.73 Å². The normalized spacial score (nSPS) is 10.7. The van der Waals surface area contributed by atoms with Gasteiger partial charge < -0.3 is 10.3 Å². The lowest BCUT2D eigenvalue weighted by molar-refractivity contribution is 0.429. The lowest BCUT2D eigenvalue weighted by Crippen LogP contribution is -1.85. The van der Waals surface area contributed by atoms with Gasteiger partial charge in [0.2, 0.25) is 17.6 Å². The predicted molar refractivity (Wildman–Crippen MR) is 64.3 cm³/mol. The summed E-state index contributed by atoms with van der Waals surface area (Å²) in [6.07, 6.45) is 0. The first-order valence-electron chi connectivity index (χ1n) is 5.31. The highest BCUT2D eigenvalue weighted by molar-refractivity contribution is 5.57. The summed E-state index contributed by atoms with van der Waals surface area (Å²) in [6.45, 7) is 2.00. The van der Waals surface area contributed by atoms with Crippen LogP contribution in [0, 0.1) is 6.92 Å². The number of nitrogens with zero attached hydrogens (tertiary/aromatic N) is 4. The number of aromatic nitrogens is 5. The number of aromatic amines is 1. The van der Waals surface area contributed by atoms with Crippen molar-refractivity contribution in [1.29, 1.82) is 0 Å². The Bertz CT molecular complexity index is 686. The fraction of sp³-hybridized carbons (Fsp3) is 0.0909. The van der Waals surface area contributed by atoms with Gasteiger partial charge in [-0.15, -0.1) is 5.10 Å². The molecule has 0 fully saturated rings. The van der Waals surface area contributed by atoms with Gasteiger partial charge in [0.1, 0.15) is 0 Å². The quantitative estimate of drug-likeness (QED) is 0.703.